The van der Waals surface area contributed by atoms with E-state index in [0.29, 0.717) is 12.6 Å². The van der Waals surface area contributed by atoms with Gasteiger partial charge in [-0.1, -0.05) is 12.1 Å². The van der Waals surface area contributed by atoms with Gasteiger partial charge in [-0.05, 0) is 57.4 Å². The van der Waals surface area contributed by atoms with Gasteiger partial charge < -0.3 is 14.8 Å². The van der Waals surface area contributed by atoms with Gasteiger partial charge in [-0.2, -0.15) is 0 Å². The van der Waals surface area contributed by atoms with Crippen molar-refractivity contribution in [2.75, 3.05) is 20.8 Å². The van der Waals surface area contributed by atoms with Crippen molar-refractivity contribution in [3.05, 3.63) is 29.3 Å². The lowest BCUT2D eigenvalue weighted by molar-refractivity contribution is 0.00535. The van der Waals surface area contributed by atoms with Crippen LogP contribution in [0.1, 0.15) is 50.3 Å². The number of rotatable bonds is 6. The molecule has 3 heteroatoms. The Balaban J connectivity index is 2.06. The second-order valence-corrected chi connectivity index (χ2v) is 6.12. The smallest absolute Gasteiger partial charge is 0.122 e. The molecule has 0 amide bonds. The van der Waals surface area contributed by atoms with Crippen molar-refractivity contribution in [2.45, 2.75) is 51.2 Å². The monoisotopic (exact) mass is 277 g/mol. The van der Waals surface area contributed by atoms with Crippen LogP contribution in [-0.2, 0) is 11.2 Å². The average molecular weight is 277 g/mol. The van der Waals surface area contributed by atoms with Crippen LogP contribution < -0.4 is 10.1 Å². The van der Waals surface area contributed by atoms with Crippen molar-refractivity contribution < 1.29 is 9.47 Å². The van der Waals surface area contributed by atoms with Gasteiger partial charge in [0.2, 0.25) is 0 Å². The van der Waals surface area contributed by atoms with Gasteiger partial charge in [0.25, 0.3) is 0 Å². The van der Waals surface area contributed by atoms with E-state index in [0.717, 1.165) is 18.6 Å². The third kappa shape index (κ3) is 3.53. The molecule has 2 rings (SSSR count). The zero-order chi connectivity index (χ0) is 14.6. The van der Waals surface area contributed by atoms with Crippen LogP contribution in [0.15, 0.2) is 18.2 Å². The molecular formula is C17H27NO2. The summed E-state index contributed by atoms with van der Waals surface area (Å²) in [5.41, 5.74) is 2.66. The number of hydrogen-bond acceptors (Lipinski definition) is 3. The molecule has 1 atom stereocenters. The van der Waals surface area contributed by atoms with E-state index < -0.39 is 0 Å². The standard InChI is InChI=1S/C17H27NO2/c1-17(2,19-4)11-12-20-16-10-6-7-13-14(16)8-5-9-15(13)18-3/h6-7,10,15,18H,5,8-9,11-12H2,1-4H3. The largest absolute Gasteiger partial charge is 0.493 e. The predicted octanol–water partition coefficient (Wildman–Crippen LogP) is 3.48. The lowest BCUT2D eigenvalue weighted by atomic mass is 9.87. The second kappa shape index (κ2) is 6.59. The highest BCUT2D eigenvalue weighted by Gasteiger charge is 2.22. The number of methoxy groups -OCH3 is 1. The molecule has 0 radical (unpaired) electrons. The van der Waals surface area contributed by atoms with Gasteiger partial charge in [-0.15, -0.1) is 0 Å². The Hall–Kier alpha value is -1.06. The van der Waals surface area contributed by atoms with Gasteiger partial charge in [0.1, 0.15) is 5.75 Å². The maximum atomic E-state index is 6.03. The predicted molar refractivity (Wildman–Crippen MR) is 82.4 cm³/mol. The third-order valence-electron chi connectivity index (χ3n) is 4.33. The molecule has 0 saturated carbocycles. The van der Waals surface area contributed by atoms with Gasteiger partial charge in [0.15, 0.2) is 0 Å². The first-order valence-corrected chi connectivity index (χ1v) is 7.54. The summed E-state index contributed by atoms with van der Waals surface area (Å²) in [5.74, 6) is 1.05. The van der Waals surface area contributed by atoms with Crippen molar-refractivity contribution in [1.29, 1.82) is 0 Å². The van der Waals surface area contributed by atoms with Crippen LogP contribution >= 0.6 is 0 Å². The molecule has 1 N–H and O–H groups in total. The first-order chi connectivity index (χ1) is 9.57. The molecule has 3 nitrogen and oxygen atoms in total. The van der Waals surface area contributed by atoms with E-state index in [2.05, 4.69) is 37.4 Å². The van der Waals surface area contributed by atoms with Crippen molar-refractivity contribution >= 4 is 0 Å². The Labute approximate surface area is 122 Å². The zero-order valence-corrected chi connectivity index (χ0v) is 13.2. The molecule has 0 heterocycles. The summed E-state index contributed by atoms with van der Waals surface area (Å²) in [6, 6.07) is 6.89. The van der Waals surface area contributed by atoms with Crippen molar-refractivity contribution in [3.63, 3.8) is 0 Å². The first-order valence-electron chi connectivity index (χ1n) is 7.54. The van der Waals surface area contributed by atoms with Crippen LogP contribution in [0.3, 0.4) is 0 Å². The molecule has 1 unspecified atom stereocenters. The van der Waals surface area contributed by atoms with Crippen LogP contribution in [0.25, 0.3) is 0 Å². The molecule has 0 bridgehead atoms. The SMILES string of the molecule is CNC1CCCc2c(OCCC(C)(C)OC)cccc21. The van der Waals surface area contributed by atoms with E-state index >= 15 is 0 Å². The fourth-order valence-electron chi connectivity index (χ4n) is 2.76. The van der Waals surface area contributed by atoms with Gasteiger partial charge in [0.05, 0.1) is 12.2 Å². The van der Waals surface area contributed by atoms with E-state index in [9.17, 15) is 0 Å². The Bertz CT molecular complexity index is 443. The lowest BCUT2D eigenvalue weighted by Crippen LogP contribution is -2.25. The van der Waals surface area contributed by atoms with Gasteiger partial charge in [-0.25, -0.2) is 0 Å². The number of hydrogen-bond donors (Lipinski definition) is 1. The third-order valence-corrected chi connectivity index (χ3v) is 4.33. The maximum Gasteiger partial charge on any atom is 0.122 e. The van der Waals surface area contributed by atoms with Crippen LogP contribution in [0.5, 0.6) is 5.75 Å². The molecule has 1 aliphatic carbocycles. The van der Waals surface area contributed by atoms with Crippen LogP contribution in [0.4, 0.5) is 0 Å². The fourth-order valence-corrected chi connectivity index (χ4v) is 2.76. The topological polar surface area (TPSA) is 30.5 Å². The number of ether oxygens (including phenoxy) is 2. The van der Waals surface area contributed by atoms with Crippen LogP contribution in [0, 0.1) is 0 Å². The Morgan fingerprint density at radius 3 is 2.85 bits per heavy atom. The Morgan fingerprint density at radius 1 is 1.35 bits per heavy atom. The highest BCUT2D eigenvalue weighted by molar-refractivity contribution is 5.43. The minimum Gasteiger partial charge on any atom is -0.493 e. The van der Waals surface area contributed by atoms with E-state index in [1.54, 1.807) is 7.11 Å². The van der Waals surface area contributed by atoms with Gasteiger partial charge in [0, 0.05) is 19.6 Å². The molecule has 0 spiro atoms. The molecule has 20 heavy (non-hydrogen) atoms. The molecule has 0 aromatic heterocycles. The highest BCUT2D eigenvalue weighted by Crippen LogP contribution is 2.35. The first kappa shape index (κ1) is 15.3. The summed E-state index contributed by atoms with van der Waals surface area (Å²) in [6.45, 7) is 4.88. The van der Waals surface area contributed by atoms with Crippen molar-refractivity contribution in [2.24, 2.45) is 0 Å². The minimum atomic E-state index is -0.123. The molecule has 112 valence electrons. The zero-order valence-electron chi connectivity index (χ0n) is 13.2. The van der Waals surface area contributed by atoms with E-state index in [-0.39, 0.29) is 5.60 Å². The normalized spacial score (nSPS) is 18.7. The summed E-state index contributed by atoms with van der Waals surface area (Å²) in [6.07, 6.45) is 4.45. The molecule has 0 aliphatic heterocycles. The second-order valence-electron chi connectivity index (χ2n) is 6.12. The maximum absolute atomic E-state index is 6.03. The number of nitrogens with one attached hydrogen (secondary N) is 1. The molecule has 1 aromatic rings. The van der Waals surface area contributed by atoms with Crippen molar-refractivity contribution in [1.82, 2.24) is 5.32 Å². The summed E-state index contributed by atoms with van der Waals surface area (Å²) in [5, 5.41) is 3.40. The minimum absolute atomic E-state index is 0.123. The molecule has 0 saturated heterocycles. The van der Waals surface area contributed by atoms with Crippen molar-refractivity contribution in [3.8, 4) is 5.75 Å². The summed E-state index contributed by atoms with van der Waals surface area (Å²) >= 11 is 0. The number of fused-ring (bicyclic) bond motifs is 1. The molecule has 0 fully saturated rings. The van der Waals surface area contributed by atoms with E-state index in [1.165, 1.54) is 24.0 Å². The average Bonchev–Trinajstić information content (AvgIpc) is 2.46. The lowest BCUT2D eigenvalue weighted by Gasteiger charge is -2.27. The molecule has 1 aliphatic rings. The quantitative estimate of drug-likeness (QED) is 0.863. The summed E-state index contributed by atoms with van der Waals surface area (Å²) < 4.78 is 11.5. The summed E-state index contributed by atoms with van der Waals surface area (Å²) in [7, 11) is 3.79. The Morgan fingerprint density at radius 2 is 2.15 bits per heavy atom. The fraction of sp³-hybridized carbons (Fsp3) is 0.647. The van der Waals surface area contributed by atoms with Gasteiger partial charge >= 0.3 is 0 Å². The number of benzene rings is 1. The van der Waals surface area contributed by atoms with E-state index in [4.69, 9.17) is 9.47 Å². The molecular weight excluding hydrogens is 250 g/mol. The molecule has 1 aromatic carbocycles. The Kier molecular flexibility index (Phi) is 5.06. The van der Waals surface area contributed by atoms with Crippen LogP contribution in [0.2, 0.25) is 0 Å². The van der Waals surface area contributed by atoms with E-state index in [1.807, 2.05) is 7.05 Å². The van der Waals surface area contributed by atoms with Gasteiger partial charge in [-0.3, -0.25) is 0 Å². The summed E-state index contributed by atoms with van der Waals surface area (Å²) in [4.78, 5) is 0. The highest BCUT2D eigenvalue weighted by atomic mass is 16.5. The van der Waals surface area contributed by atoms with Crippen LogP contribution in [-0.4, -0.2) is 26.4 Å².